The lowest BCUT2D eigenvalue weighted by molar-refractivity contribution is -0.758. The van der Waals surface area contributed by atoms with Crippen LogP contribution in [0.25, 0.3) is 0 Å². The van der Waals surface area contributed by atoms with Gasteiger partial charge in [-0.25, -0.2) is 9.59 Å². The predicted octanol–water partition coefficient (Wildman–Crippen LogP) is 0.583. The van der Waals surface area contributed by atoms with Gasteiger partial charge in [0.05, 0.1) is 26.4 Å². The van der Waals surface area contributed by atoms with Crippen LogP contribution in [0.2, 0.25) is 0 Å². The number of nitrogens with two attached hydrogens (primary N) is 2. The van der Waals surface area contributed by atoms with E-state index in [4.69, 9.17) is 35.9 Å². The number of carboxylic acid groups (broad SMARTS) is 2. The van der Waals surface area contributed by atoms with Crippen LogP contribution in [0.1, 0.15) is 64.2 Å². The van der Waals surface area contributed by atoms with Gasteiger partial charge in [0.1, 0.15) is 25.3 Å². The standard InChI is InChI=1S/C13H25N3O7.C11H21N3O8/c14-11(12(17)18)7-3-4-8-15-13(19)22-9-5-1-2-6-10-23-16(20)21;12-9(10(15)16)3-1-2-4-13-11(17)21-7-5-20-6-8-22-14(18)19/h11H,1-10,14H2,(H,15,19)(H,17,18);9H,1-8,12H2,(H,13,17)(H,15,16). The quantitative estimate of drug-likeness (QED) is 0.0399. The molecule has 0 aromatic carbocycles. The van der Waals surface area contributed by atoms with Crippen LogP contribution in [0.5, 0.6) is 0 Å². The zero-order valence-electron chi connectivity index (χ0n) is 25.1. The van der Waals surface area contributed by atoms with Crippen molar-refractivity contribution in [3.05, 3.63) is 20.2 Å². The third-order valence-corrected chi connectivity index (χ3v) is 5.41. The number of rotatable bonds is 27. The molecule has 0 saturated carbocycles. The van der Waals surface area contributed by atoms with Crippen LogP contribution in [-0.2, 0) is 33.5 Å². The Labute approximate surface area is 259 Å². The maximum absolute atomic E-state index is 11.3. The zero-order chi connectivity index (χ0) is 34.3. The van der Waals surface area contributed by atoms with E-state index in [2.05, 4.69) is 20.3 Å². The van der Waals surface area contributed by atoms with Gasteiger partial charge < -0.3 is 56.2 Å². The summed E-state index contributed by atoms with van der Waals surface area (Å²) in [7, 11) is 0. The summed E-state index contributed by atoms with van der Waals surface area (Å²) >= 11 is 0. The number of nitrogens with zero attached hydrogens (tertiary/aromatic N) is 2. The SMILES string of the molecule is NC(CCCCNC(=O)OCCCCCCO[N+](=O)[O-])C(=O)O.NC(CCCCNC(=O)OCCOCCO[N+](=O)[O-])C(=O)O. The first kappa shape index (κ1) is 42.9. The minimum Gasteiger partial charge on any atom is -0.480 e. The lowest BCUT2D eigenvalue weighted by Crippen LogP contribution is -2.30. The van der Waals surface area contributed by atoms with Gasteiger partial charge >= 0.3 is 24.1 Å². The molecule has 0 rings (SSSR count). The smallest absolute Gasteiger partial charge is 0.407 e. The molecule has 0 spiro atoms. The van der Waals surface area contributed by atoms with Gasteiger partial charge in [0.15, 0.2) is 0 Å². The first-order chi connectivity index (χ1) is 21.4. The highest BCUT2D eigenvalue weighted by Crippen LogP contribution is 2.02. The fourth-order valence-corrected chi connectivity index (χ4v) is 3.04. The summed E-state index contributed by atoms with van der Waals surface area (Å²) in [5, 5.41) is 40.2. The second-order valence-corrected chi connectivity index (χ2v) is 9.15. The van der Waals surface area contributed by atoms with Crippen LogP contribution in [-0.4, -0.2) is 109 Å². The van der Waals surface area contributed by atoms with Crippen molar-refractivity contribution in [2.75, 3.05) is 52.7 Å². The normalized spacial score (nSPS) is 11.5. The molecule has 21 heteroatoms. The Morgan fingerprint density at radius 3 is 1.49 bits per heavy atom. The molecular weight excluding hydrogens is 612 g/mol. The average molecular weight is 659 g/mol. The first-order valence-electron chi connectivity index (χ1n) is 14.3. The lowest BCUT2D eigenvalue weighted by atomic mass is 10.1. The van der Waals surface area contributed by atoms with E-state index in [1.54, 1.807) is 0 Å². The Morgan fingerprint density at radius 2 is 1.02 bits per heavy atom. The molecule has 0 aliphatic rings. The number of alkyl carbamates (subject to hydrolysis) is 2. The van der Waals surface area contributed by atoms with Gasteiger partial charge in [-0.15, -0.1) is 20.2 Å². The molecule has 0 aliphatic heterocycles. The maximum Gasteiger partial charge on any atom is 0.407 e. The average Bonchev–Trinajstić information content (AvgIpc) is 2.97. The van der Waals surface area contributed by atoms with E-state index >= 15 is 0 Å². The summed E-state index contributed by atoms with van der Waals surface area (Å²) in [6.45, 7) is 1.07. The molecule has 21 nitrogen and oxygen atoms in total. The molecule has 0 heterocycles. The zero-order valence-corrected chi connectivity index (χ0v) is 25.1. The van der Waals surface area contributed by atoms with Crippen molar-refractivity contribution in [2.45, 2.75) is 76.3 Å². The van der Waals surface area contributed by atoms with E-state index in [0.717, 1.165) is 12.8 Å². The summed E-state index contributed by atoms with van der Waals surface area (Å²) in [6.07, 6.45) is 4.81. The molecule has 0 aromatic rings. The summed E-state index contributed by atoms with van der Waals surface area (Å²) < 4.78 is 14.6. The topological polar surface area (TPSA) is 317 Å². The van der Waals surface area contributed by atoms with Crippen molar-refractivity contribution in [3.8, 4) is 0 Å². The summed E-state index contributed by atoms with van der Waals surface area (Å²) in [6, 6.07) is -1.75. The molecule has 2 amide bonds. The number of amides is 2. The lowest BCUT2D eigenvalue weighted by Gasteiger charge is -2.08. The van der Waals surface area contributed by atoms with E-state index in [1.165, 1.54) is 0 Å². The van der Waals surface area contributed by atoms with E-state index in [1.807, 2.05) is 0 Å². The summed E-state index contributed by atoms with van der Waals surface area (Å²) in [4.78, 5) is 71.3. The van der Waals surface area contributed by atoms with Crippen LogP contribution in [0.15, 0.2) is 0 Å². The first-order valence-corrected chi connectivity index (χ1v) is 14.3. The Bertz CT molecular complexity index is 852. The third kappa shape index (κ3) is 34.1. The van der Waals surface area contributed by atoms with Crippen molar-refractivity contribution in [3.63, 3.8) is 0 Å². The Morgan fingerprint density at radius 1 is 0.600 bits per heavy atom. The van der Waals surface area contributed by atoms with Crippen LogP contribution < -0.4 is 22.1 Å². The van der Waals surface area contributed by atoms with Crippen molar-refractivity contribution < 1.29 is 63.5 Å². The van der Waals surface area contributed by atoms with Crippen LogP contribution in [0, 0.1) is 20.2 Å². The predicted molar refractivity (Wildman–Crippen MR) is 153 cm³/mol. The monoisotopic (exact) mass is 658 g/mol. The molecule has 0 bridgehead atoms. The minimum absolute atomic E-state index is 0.00812. The summed E-state index contributed by atoms with van der Waals surface area (Å²) in [5.74, 6) is -2.07. The molecule has 2 atom stereocenters. The van der Waals surface area contributed by atoms with Gasteiger partial charge in [-0.1, -0.05) is 6.42 Å². The number of carbonyl (C=O) groups excluding carboxylic acids is 2. The van der Waals surface area contributed by atoms with E-state index < -0.39 is 46.4 Å². The highest BCUT2D eigenvalue weighted by Gasteiger charge is 2.11. The van der Waals surface area contributed by atoms with Crippen molar-refractivity contribution in [1.29, 1.82) is 0 Å². The second kappa shape index (κ2) is 29.8. The minimum atomic E-state index is -1.05. The molecule has 0 aliphatic carbocycles. The number of aliphatic carboxylic acids is 2. The molecule has 8 N–H and O–H groups in total. The molecular formula is C24H46N6O15. The van der Waals surface area contributed by atoms with Crippen LogP contribution in [0.3, 0.4) is 0 Å². The van der Waals surface area contributed by atoms with Crippen molar-refractivity contribution in [1.82, 2.24) is 10.6 Å². The highest BCUT2D eigenvalue weighted by molar-refractivity contribution is 5.73. The third-order valence-electron chi connectivity index (χ3n) is 5.41. The number of hydrogen-bond donors (Lipinski definition) is 6. The molecule has 0 radical (unpaired) electrons. The van der Waals surface area contributed by atoms with Gasteiger partial charge in [-0.2, -0.15) is 0 Å². The van der Waals surface area contributed by atoms with Crippen LogP contribution in [0.4, 0.5) is 9.59 Å². The fraction of sp³-hybridized carbons (Fsp3) is 0.833. The van der Waals surface area contributed by atoms with Gasteiger partial charge in [-0.3, -0.25) is 9.59 Å². The Balaban J connectivity index is 0. The van der Waals surface area contributed by atoms with Gasteiger partial charge in [0.25, 0.3) is 10.2 Å². The van der Waals surface area contributed by atoms with E-state index in [0.29, 0.717) is 64.5 Å². The number of carbonyl (C=O) groups is 4. The number of hydrogen-bond acceptors (Lipinski definition) is 15. The van der Waals surface area contributed by atoms with Gasteiger partial charge in [-0.05, 0) is 57.8 Å². The molecule has 0 saturated heterocycles. The number of carboxylic acids is 2. The summed E-state index contributed by atoms with van der Waals surface area (Å²) in [5.41, 5.74) is 10.7. The van der Waals surface area contributed by atoms with Crippen LogP contribution >= 0.6 is 0 Å². The van der Waals surface area contributed by atoms with Crippen molar-refractivity contribution in [2.24, 2.45) is 11.5 Å². The number of unbranched alkanes of at least 4 members (excludes halogenated alkanes) is 5. The molecule has 0 fully saturated rings. The Kier molecular flexibility index (Phi) is 28.4. The largest absolute Gasteiger partial charge is 0.480 e. The maximum atomic E-state index is 11.3. The van der Waals surface area contributed by atoms with Crippen molar-refractivity contribution >= 4 is 24.1 Å². The van der Waals surface area contributed by atoms with Gasteiger partial charge in [0.2, 0.25) is 0 Å². The number of ether oxygens (including phenoxy) is 3. The second-order valence-electron chi connectivity index (χ2n) is 9.15. The number of nitrogens with one attached hydrogen (secondary N) is 2. The van der Waals surface area contributed by atoms with E-state index in [-0.39, 0.29) is 39.6 Å². The molecule has 262 valence electrons. The Hall–Kier alpha value is -4.24. The van der Waals surface area contributed by atoms with E-state index in [9.17, 15) is 39.4 Å². The fourth-order valence-electron chi connectivity index (χ4n) is 3.04. The molecule has 2 unspecified atom stereocenters. The molecule has 0 aromatic heterocycles. The van der Waals surface area contributed by atoms with Gasteiger partial charge in [0, 0.05) is 13.1 Å². The highest BCUT2D eigenvalue weighted by atomic mass is 17.0. The molecule has 45 heavy (non-hydrogen) atoms.